The Bertz CT molecular complexity index is 632. The molecule has 0 atom stereocenters. The summed E-state index contributed by atoms with van der Waals surface area (Å²) in [5, 5.41) is 9.56. The number of benzene rings is 1. The lowest BCUT2D eigenvalue weighted by Gasteiger charge is -2.06. The van der Waals surface area contributed by atoms with E-state index in [9.17, 15) is 8.42 Å². The summed E-state index contributed by atoms with van der Waals surface area (Å²) in [6.45, 7) is 0.171. The largest absolute Gasteiger partial charge is 0.508 e. The van der Waals surface area contributed by atoms with Gasteiger partial charge in [-0.1, -0.05) is 23.7 Å². The van der Waals surface area contributed by atoms with E-state index in [1.54, 1.807) is 12.1 Å². The van der Waals surface area contributed by atoms with Crippen molar-refractivity contribution < 1.29 is 13.5 Å². The Morgan fingerprint density at radius 2 is 1.76 bits per heavy atom. The summed E-state index contributed by atoms with van der Waals surface area (Å²) in [6.07, 6.45) is 3.07. The standard InChI is InChI=1S/C13H14ClN3O3S/c14-11-8-15-13(16-9-11)5-6-21(19,20)17-7-10-1-3-12(18)4-2-10/h1-4,8-9,17-18H,5-7H2. The molecular formula is C13H14ClN3O3S. The van der Waals surface area contributed by atoms with E-state index in [-0.39, 0.29) is 24.5 Å². The summed E-state index contributed by atoms with van der Waals surface area (Å²) in [7, 11) is -3.42. The van der Waals surface area contributed by atoms with E-state index in [4.69, 9.17) is 16.7 Å². The van der Waals surface area contributed by atoms with Crippen molar-refractivity contribution in [2.24, 2.45) is 0 Å². The first-order valence-electron chi connectivity index (χ1n) is 6.16. The van der Waals surface area contributed by atoms with Crippen LogP contribution in [-0.2, 0) is 23.0 Å². The molecule has 6 nitrogen and oxygen atoms in total. The molecule has 21 heavy (non-hydrogen) atoms. The van der Waals surface area contributed by atoms with Gasteiger partial charge in [0.05, 0.1) is 10.8 Å². The van der Waals surface area contributed by atoms with Crippen molar-refractivity contribution in [1.82, 2.24) is 14.7 Å². The zero-order valence-electron chi connectivity index (χ0n) is 11.0. The van der Waals surface area contributed by atoms with Crippen LogP contribution >= 0.6 is 11.6 Å². The molecular weight excluding hydrogens is 314 g/mol. The first kappa shape index (κ1) is 15.7. The van der Waals surface area contributed by atoms with E-state index in [1.165, 1.54) is 24.5 Å². The molecule has 0 aliphatic rings. The molecule has 112 valence electrons. The van der Waals surface area contributed by atoms with Crippen LogP contribution in [0.5, 0.6) is 5.75 Å². The Kier molecular flexibility index (Phi) is 5.11. The van der Waals surface area contributed by atoms with Gasteiger partial charge in [0, 0.05) is 25.4 Å². The first-order valence-corrected chi connectivity index (χ1v) is 8.19. The average Bonchev–Trinajstić information content (AvgIpc) is 2.46. The number of phenols is 1. The van der Waals surface area contributed by atoms with Gasteiger partial charge in [0.2, 0.25) is 10.0 Å². The molecule has 0 saturated heterocycles. The molecule has 1 aromatic heterocycles. The highest BCUT2D eigenvalue weighted by Crippen LogP contribution is 2.09. The van der Waals surface area contributed by atoms with Crippen molar-refractivity contribution in [2.75, 3.05) is 5.75 Å². The van der Waals surface area contributed by atoms with Crippen LogP contribution < -0.4 is 4.72 Å². The maximum Gasteiger partial charge on any atom is 0.212 e. The minimum Gasteiger partial charge on any atom is -0.508 e. The van der Waals surface area contributed by atoms with Gasteiger partial charge >= 0.3 is 0 Å². The van der Waals surface area contributed by atoms with E-state index < -0.39 is 10.0 Å². The zero-order valence-corrected chi connectivity index (χ0v) is 12.6. The number of hydrogen-bond donors (Lipinski definition) is 2. The van der Waals surface area contributed by atoms with E-state index in [2.05, 4.69) is 14.7 Å². The van der Waals surface area contributed by atoms with Crippen molar-refractivity contribution in [3.05, 3.63) is 53.1 Å². The van der Waals surface area contributed by atoms with Gasteiger partial charge in [-0.25, -0.2) is 23.1 Å². The maximum atomic E-state index is 11.9. The van der Waals surface area contributed by atoms with E-state index in [1.807, 2.05) is 0 Å². The van der Waals surface area contributed by atoms with Crippen LogP contribution in [0.25, 0.3) is 0 Å². The number of aryl methyl sites for hydroxylation is 1. The number of halogens is 1. The average molecular weight is 328 g/mol. The van der Waals surface area contributed by atoms with Crippen LogP contribution in [-0.4, -0.2) is 29.2 Å². The van der Waals surface area contributed by atoms with Crippen molar-refractivity contribution in [3.8, 4) is 5.75 Å². The molecule has 2 aromatic rings. The number of rotatable bonds is 6. The summed E-state index contributed by atoms with van der Waals surface area (Å²) < 4.78 is 26.2. The Morgan fingerprint density at radius 3 is 2.38 bits per heavy atom. The molecule has 1 aromatic carbocycles. The highest BCUT2D eigenvalue weighted by molar-refractivity contribution is 7.89. The fourth-order valence-electron chi connectivity index (χ4n) is 1.57. The van der Waals surface area contributed by atoms with Gasteiger partial charge in [-0.3, -0.25) is 0 Å². The molecule has 0 unspecified atom stereocenters. The van der Waals surface area contributed by atoms with Crippen molar-refractivity contribution in [1.29, 1.82) is 0 Å². The van der Waals surface area contributed by atoms with Crippen LogP contribution in [0, 0.1) is 0 Å². The smallest absolute Gasteiger partial charge is 0.212 e. The summed E-state index contributed by atoms with van der Waals surface area (Å²) in [4.78, 5) is 7.89. The SMILES string of the molecule is O=S(=O)(CCc1ncc(Cl)cn1)NCc1ccc(O)cc1. The lowest BCUT2D eigenvalue weighted by molar-refractivity contribution is 0.475. The summed E-state index contributed by atoms with van der Waals surface area (Å²) in [5.74, 6) is 0.461. The molecule has 1 heterocycles. The van der Waals surface area contributed by atoms with Gasteiger partial charge in [-0.15, -0.1) is 0 Å². The highest BCUT2D eigenvalue weighted by atomic mass is 35.5. The third kappa shape index (κ3) is 5.30. The number of aromatic hydroxyl groups is 1. The topological polar surface area (TPSA) is 92.2 Å². The Morgan fingerprint density at radius 1 is 1.14 bits per heavy atom. The highest BCUT2D eigenvalue weighted by Gasteiger charge is 2.11. The predicted molar refractivity (Wildman–Crippen MR) is 79.5 cm³/mol. The van der Waals surface area contributed by atoms with Gasteiger partial charge < -0.3 is 5.11 Å². The molecule has 0 aliphatic carbocycles. The molecule has 0 aliphatic heterocycles. The number of nitrogens with one attached hydrogen (secondary N) is 1. The number of sulfonamides is 1. The van der Waals surface area contributed by atoms with Crippen molar-refractivity contribution in [2.45, 2.75) is 13.0 Å². The molecule has 8 heteroatoms. The third-order valence-electron chi connectivity index (χ3n) is 2.70. The minimum atomic E-state index is -3.42. The molecule has 0 radical (unpaired) electrons. The van der Waals surface area contributed by atoms with Crippen molar-refractivity contribution in [3.63, 3.8) is 0 Å². The monoisotopic (exact) mass is 327 g/mol. The zero-order chi connectivity index (χ0) is 15.3. The lowest BCUT2D eigenvalue weighted by atomic mass is 10.2. The van der Waals surface area contributed by atoms with Crippen LogP contribution in [0.4, 0.5) is 0 Å². The second-order valence-corrected chi connectivity index (χ2v) is 6.74. The second-order valence-electron chi connectivity index (χ2n) is 4.37. The van der Waals surface area contributed by atoms with Gasteiger partial charge in [-0.05, 0) is 17.7 Å². The fraction of sp³-hybridized carbons (Fsp3) is 0.231. The normalized spacial score (nSPS) is 11.5. The number of phenolic OH excluding ortho intramolecular Hbond substituents is 1. The number of hydrogen-bond acceptors (Lipinski definition) is 5. The molecule has 0 saturated carbocycles. The van der Waals surface area contributed by atoms with E-state index >= 15 is 0 Å². The molecule has 0 bridgehead atoms. The fourth-order valence-corrected chi connectivity index (χ4v) is 2.65. The minimum absolute atomic E-state index is 0.104. The van der Waals surface area contributed by atoms with Gasteiger partial charge in [0.1, 0.15) is 11.6 Å². The third-order valence-corrected chi connectivity index (χ3v) is 4.22. The molecule has 0 spiro atoms. The predicted octanol–water partition coefficient (Wildman–Crippen LogP) is 1.50. The van der Waals surface area contributed by atoms with Gasteiger partial charge in [0.25, 0.3) is 0 Å². The van der Waals surface area contributed by atoms with Crippen LogP contribution in [0.1, 0.15) is 11.4 Å². The first-order chi connectivity index (χ1) is 9.94. The molecule has 2 rings (SSSR count). The molecule has 2 N–H and O–H groups in total. The number of nitrogens with zero attached hydrogens (tertiary/aromatic N) is 2. The Hall–Kier alpha value is -1.70. The van der Waals surface area contributed by atoms with Crippen LogP contribution in [0.2, 0.25) is 5.02 Å². The van der Waals surface area contributed by atoms with E-state index in [0.717, 1.165) is 5.56 Å². The van der Waals surface area contributed by atoms with Gasteiger partial charge in [0.15, 0.2) is 0 Å². The lowest BCUT2D eigenvalue weighted by Crippen LogP contribution is -2.27. The maximum absolute atomic E-state index is 11.9. The second kappa shape index (κ2) is 6.84. The molecule has 0 amide bonds. The van der Waals surface area contributed by atoms with Gasteiger partial charge in [-0.2, -0.15) is 0 Å². The summed E-state index contributed by atoms with van der Waals surface area (Å²) in [6, 6.07) is 6.32. The van der Waals surface area contributed by atoms with E-state index in [0.29, 0.717) is 10.8 Å². The summed E-state index contributed by atoms with van der Waals surface area (Å²) in [5.41, 5.74) is 0.763. The Balaban J connectivity index is 1.87. The van der Waals surface area contributed by atoms with Crippen LogP contribution in [0.3, 0.4) is 0 Å². The van der Waals surface area contributed by atoms with Crippen LogP contribution in [0.15, 0.2) is 36.7 Å². The van der Waals surface area contributed by atoms with Crippen molar-refractivity contribution >= 4 is 21.6 Å². The summed E-state index contributed by atoms with van der Waals surface area (Å²) >= 11 is 5.66. The molecule has 0 fully saturated rings. The Labute approximate surface area is 127 Å². The quantitative estimate of drug-likeness (QED) is 0.838. The number of aromatic nitrogens is 2.